The van der Waals surface area contributed by atoms with E-state index >= 15 is 0 Å². The van der Waals surface area contributed by atoms with Crippen molar-refractivity contribution in [3.63, 3.8) is 0 Å². The normalized spacial score (nSPS) is 11.6. The van der Waals surface area contributed by atoms with E-state index in [1.165, 1.54) is 11.6 Å². The fraction of sp³-hybridized carbons (Fsp3) is 0.174. The lowest BCUT2D eigenvalue weighted by molar-refractivity contribution is -0.385. The molecule has 0 saturated carbocycles. The van der Waals surface area contributed by atoms with Crippen LogP contribution in [0.4, 0.5) is 5.69 Å². The molecular weight excluding hydrogens is 352 g/mol. The standard InChI is InChI=1S/C23H22N2O3/c26-23(17-20-13-7-8-14-22(20)25(27)28)24-21(19-11-5-2-6-12-19)16-15-18-9-3-1-4-10-18/h1-14,21H,15-17H2,(H,24,26). The van der Waals surface area contributed by atoms with Crippen LogP contribution in [0.15, 0.2) is 84.9 Å². The van der Waals surface area contributed by atoms with Crippen LogP contribution >= 0.6 is 0 Å². The Hall–Kier alpha value is -3.47. The number of para-hydroxylation sites is 1. The zero-order valence-corrected chi connectivity index (χ0v) is 15.5. The molecule has 1 N–H and O–H groups in total. The number of carbonyl (C=O) groups is 1. The molecule has 3 aromatic carbocycles. The fourth-order valence-corrected chi connectivity index (χ4v) is 3.22. The quantitative estimate of drug-likeness (QED) is 0.462. The molecule has 0 saturated heterocycles. The van der Waals surface area contributed by atoms with Gasteiger partial charge in [0.05, 0.1) is 17.4 Å². The first kappa shape index (κ1) is 19.3. The van der Waals surface area contributed by atoms with E-state index in [1.807, 2.05) is 48.5 Å². The van der Waals surface area contributed by atoms with E-state index in [9.17, 15) is 14.9 Å². The Morgan fingerprint density at radius 1 is 0.893 bits per heavy atom. The highest BCUT2D eigenvalue weighted by Gasteiger charge is 2.19. The lowest BCUT2D eigenvalue weighted by atomic mass is 9.98. The van der Waals surface area contributed by atoms with Crippen molar-refractivity contribution in [2.45, 2.75) is 25.3 Å². The van der Waals surface area contributed by atoms with Gasteiger partial charge in [0, 0.05) is 11.6 Å². The molecule has 1 unspecified atom stereocenters. The minimum absolute atomic E-state index is 0.0220. The Labute approximate surface area is 164 Å². The van der Waals surface area contributed by atoms with Gasteiger partial charge in [-0.1, -0.05) is 78.9 Å². The number of nitrogens with zero attached hydrogens (tertiary/aromatic N) is 1. The number of carbonyl (C=O) groups excluding carboxylic acids is 1. The summed E-state index contributed by atoms with van der Waals surface area (Å²) in [5.74, 6) is -0.226. The van der Waals surface area contributed by atoms with E-state index in [4.69, 9.17) is 0 Å². The maximum Gasteiger partial charge on any atom is 0.273 e. The number of nitrogens with one attached hydrogen (secondary N) is 1. The second-order valence-electron chi connectivity index (χ2n) is 6.62. The zero-order valence-electron chi connectivity index (χ0n) is 15.5. The molecule has 28 heavy (non-hydrogen) atoms. The maximum atomic E-state index is 12.6. The highest BCUT2D eigenvalue weighted by molar-refractivity contribution is 5.80. The second-order valence-corrected chi connectivity index (χ2v) is 6.62. The van der Waals surface area contributed by atoms with E-state index < -0.39 is 4.92 Å². The van der Waals surface area contributed by atoms with E-state index in [1.54, 1.807) is 18.2 Å². The molecular formula is C23H22N2O3. The summed E-state index contributed by atoms with van der Waals surface area (Å²) in [4.78, 5) is 23.4. The van der Waals surface area contributed by atoms with Crippen molar-refractivity contribution in [3.05, 3.63) is 112 Å². The van der Waals surface area contributed by atoms with Crippen LogP contribution in [-0.4, -0.2) is 10.8 Å². The molecule has 142 valence electrons. The van der Waals surface area contributed by atoms with Gasteiger partial charge in [0.15, 0.2) is 0 Å². The van der Waals surface area contributed by atoms with Gasteiger partial charge in [-0.15, -0.1) is 0 Å². The summed E-state index contributed by atoms with van der Waals surface area (Å²) in [5.41, 5.74) is 2.61. The van der Waals surface area contributed by atoms with Gasteiger partial charge in [0.2, 0.25) is 5.91 Å². The molecule has 0 aliphatic rings. The third-order valence-corrected chi connectivity index (χ3v) is 4.64. The molecule has 3 rings (SSSR count). The zero-order chi connectivity index (χ0) is 19.8. The predicted octanol–water partition coefficient (Wildman–Crippen LogP) is 4.63. The highest BCUT2D eigenvalue weighted by atomic mass is 16.6. The van der Waals surface area contributed by atoms with Crippen LogP contribution in [0, 0.1) is 10.1 Å². The second kappa shape index (κ2) is 9.46. The molecule has 1 atom stereocenters. The lowest BCUT2D eigenvalue weighted by Gasteiger charge is -2.19. The van der Waals surface area contributed by atoms with E-state index in [-0.39, 0.29) is 24.1 Å². The van der Waals surface area contributed by atoms with Crippen molar-refractivity contribution < 1.29 is 9.72 Å². The molecule has 0 aromatic heterocycles. The van der Waals surface area contributed by atoms with Crippen molar-refractivity contribution in [3.8, 4) is 0 Å². The summed E-state index contributed by atoms with van der Waals surface area (Å²) >= 11 is 0. The first-order valence-corrected chi connectivity index (χ1v) is 9.24. The summed E-state index contributed by atoms with van der Waals surface area (Å²) in [5, 5.41) is 14.2. The third-order valence-electron chi connectivity index (χ3n) is 4.64. The Morgan fingerprint density at radius 2 is 1.50 bits per heavy atom. The smallest absolute Gasteiger partial charge is 0.273 e. The van der Waals surface area contributed by atoms with Crippen LogP contribution in [0.5, 0.6) is 0 Å². The van der Waals surface area contributed by atoms with Crippen LogP contribution in [0.3, 0.4) is 0 Å². The van der Waals surface area contributed by atoms with Gasteiger partial charge >= 0.3 is 0 Å². The topological polar surface area (TPSA) is 72.2 Å². The van der Waals surface area contributed by atoms with Crippen LogP contribution in [0.25, 0.3) is 0 Å². The van der Waals surface area contributed by atoms with E-state index in [0.717, 1.165) is 18.4 Å². The SMILES string of the molecule is O=C(Cc1ccccc1[N+](=O)[O-])NC(CCc1ccccc1)c1ccccc1. The van der Waals surface area contributed by atoms with Crippen LogP contribution in [0.2, 0.25) is 0 Å². The van der Waals surface area contributed by atoms with Crippen molar-refractivity contribution in [1.82, 2.24) is 5.32 Å². The summed E-state index contributed by atoms with van der Waals surface area (Å²) < 4.78 is 0. The van der Waals surface area contributed by atoms with Crippen LogP contribution in [0.1, 0.15) is 29.2 Å². The number of nitro benzene ring substituents is 1. The van der Waals surface area contributed by atoms with Gasteiger partial charge in [-0.3, -0.25) is 14.9 Å². The number of benzene rings is 3. The van der Waals surface area contributed by atoms with Gasteiger partial charge in [-0.05, 0) is 24.0 Å². The van der Waals surface area contributed by atoms with Gasteiger partial charge < -0.3 is 5.32 Å². The van der Waals surface area contributed by atoms with E-state index in [2.05, 4.69) is 17.4 Å². The number of hydrogen-bond donors (Lipinski definition) is 1. The van der Waals surface area contributed by atoms with Gasteiger partial charge in [-0.2, -0.15) is 0 Å². The molecule has 0 aliphatic heterocycles. The minimum atomic E-state index is -0.452. The average molecular weight is 374 g/mol. The predicted molar refractivity (Wildman–Crippen MR) is 109 cm³/mol. The highest BCUT2D eigenvalue weighted by Crippen LogP contribution is 2.21. The number of aryl methyl sites for hydroxylation is 1. The Morgan fingerprint density at radius 3 is 2.18 bits per heavy atom. The van der Waals surface area contributed by atoms with Gasteiger partial charge in [-0.25, -0.2) is 0 Å². The molecule has 0 fully saturated rings. The third kappa shape index (κ3) is 5.27. The summed E-state index contributed by atoms with van der Waals surface area (Å²) in [7, 11) is 0. The van der Waals surface area contributed by atoms with Crippen LogP contribution < -0.4 is 5.32 Å². The summed E-state index contributed by atoms with van der Waals surface area (Å²) in [6, 6.07) is 26.1. The molecule has 0 spiro atoms. The summed E-state index contributed by atoms with van der Waals surface area (Å²) in [6.45, 7) is 0. The van der Waals surface area contributed by atoms with Crippen molar-refractivity contribution in [2.75, 3.05) is 0 Å². The molecule has 0 aliphatic carbocycles. The van der Waals surface area contributed by atoms with Gasteiger partial charge in [0.1, 0.15) is 0 Å². The van der Waals surface area contributed by atoms with Crippen LogP contribution in [-0.2, 0) is 17.6 Å². The molecule has 3 aromatic rings. The maximum absolute atomic E-state index is 12.6. The Balaban J connectivity index is 1.72. The first-order valence-electron chi connectivity index (χ1n) is 9.24. The summed E-state index contributed by atoms with van der Waals surface area (Å²) in [6.07, 6.45) is 1.55. The number of hydrogen-bond acceptors (Lipinski definition) is 3. The van der Waals surface area contributed by atoms with Crippen molar-refractivity contribution in [1.29, 1.82) is 0 Å². The number of rotatable bonds is 8. The Kier molecular flexibility index (Phi) is 6.52. The van der Waals surface area contributed by atoms with Crippen molar-refractivity contribution in [2.24, 2.45) is 0 Å². The van der Waals surface area contributed by atoms with Crippen molar-refractivity contribution >= 4 is 11.6 Å². The molecule has 5 heteroatoms. The van der Waals surface area contributed by atoms with E-state index in [0.29, 0.717) is 5.56 Å². The first-order chi connectivity index (χ1) is 13.6. The lowest BCUT2D eigenvalue weighted by Crippen LogP contribution is -2.30. The largest absolute Gasteiger partial charge is 0.349 e. The molecule has 0 bridgehead atoms. The monoisotopic (exact) mass is 374 g/mol. The molecule has 0 heterocycles. The Bertz CT molecular complexity index is 927. The molecule has 1 amide bonds. The molecule has 5 nitrogen and oxygen atoms in total. The minimum Gasteiger partial charge on any atom is -0.349 e. The fourth-order valence-electron chi connectivity index (χ4n) is 3.22. The molecule has 0 radical (unpaired) electrons. The average Bonchev–Trinajstić information content (AvgIpc) is 2.72. The van der Waals surface area contributed by atoms with Gasteiger partial charge in [0.25, 0.3) is 5.69 Å². The number of amides is 1. The number of nitro groups is 1.